The number of carbonyl (C=O) groups is 2. The van der Waals surface area contributed by atoms with E-state index in [4.69, 9.17) is 5.73 Å². The van der Waals surface area contributed by atoms with Gasteiger partial charge in [-0.1, -0.05) is 28.1 Å². The van der Waals surface area contributed by atoms with Crippen molar-refractivity contribution < 1.29 is 14.0 Å². The molecule has 2 amide bonds. The molecule has 132 valence electrons. The third-order valence-electron chi connectivity index (χ3n) is 3.61. The summed E-state index contributed by atoms with van der Waals surface area (Å²) in [4.78, 5) is 26.5. The van der Waals surface area contributed by atoms with Crippen LogP contribution in [0.1, 0.15) is 18.0 Å². The molecule has 0 fully saturated rings. The van der Waals surface area contributed by atoms with Gasteiger partial charge in [-0.3, -0.25) is 9.59 Å². The van der Waals surface area contributed by atoms with Crippen LogP contribution >= 0.6 is 27.7 Å². The molecule has 2 rings (SSSR count). The van der Waals surface area contributed by atoms with E-state index in [1.165, 1.54) is 30.1 Å². The van der Waals surface area contributed by atoms with Crippen LogP contribution < -0.4 is 5.73 Å². The third-order valence-corrected chi connectivity index (χ3v) is 5.16. The smallest absolute Gasteiger partial charge is 0.244 e. The lowest BCUT2D eigenvalue weighted by molar-refractivity contribution is -0.137. The monoisotopic (exact) mass is 424 g/mol. The van der Waals surface area contributed by atoms with Crippen molar-refractivity contribution >= 4 is 39.5 Å². The average molecular weight is 425 g/mol. The van der Waals surface area contributed by atoms with Gasteiger partial charge in [0.1, 0.15) is 11.9 Å². The molecule has 7 heteroatoms. The highest BCUT2D eigenvalue weighted by Gasteiger charge is 2.26. The summed E-state index contributed by atoms with van der Waals surface area (Å²) in [6.45, 7) is 0. The number of benzene rings is 2. The standard InChI is InChI=1S/C18H18BrFN2O2S/c1-22(17(18(21)24)12-3-2-4-14(20)11-12)16(23)9-10-25-15-7-5-13(19)6-8-15/h2-8,11,17H,9-10H2,1H3,(H2,21,24). The SMILES string of the molecule is CN(C(=O)CCSc1ccc(Br)cc1)C(C(N)=O)c1cccc(F)c1. The zero-order chi connectivity index (χ0) is 18.4. The van der Waals surface area contributed by atoms with Crippen LogP contribution in [0.4, 0.5) is 4.39 Å². The van der Waals surface area contributed by atoms with Gasteiger partial charge < -0.3 is 10.6 Å². The van der Waals surface area contributed by atoms with E-state index in [2.05, 4.69) is 15.9 Å². The van der Waals surface area contributed by atoms with Crippen molar-refractivity contribution in [1.29, 1.82) is 0 Å². The number of primary amides is 1. The summed E-state index contributed by atoms with van der Waals surface area (Å²) in [5, 5.41) is 0. The van der Waals surface area contributed by atoms with Crippen LogP contribution in [0.3, 0.4) is 0 Å². The first kappa shape index (κ1) is 19.5. The molecule has 0 aliphatic rings. The van der Waals surface area contributed by atoms with Crippen LogP contribution in [0.25, 0.3) is 0 Å². The number of thioether (sulfide) groups is 1. The first-order valence-electron chi connectivity index (χ1n) is 7.57. The molecule has 0 saturated carbocycles. The predicted molar refractivity (Wildman–Crippen MR) is 101 cm³/mol. The Morgan fingerprint density at radius 1 is 1.24 bits per heavy atom. The van der Waals surface area contributed by atoms with Crippen LogP contribution in [-0.2, 0) is 9.59 Å². The molecule has 0 spiro atoms. The Kier molecular flexibility index (Phi) is 7.01. The average Bonchev–Trinajstić information content (AvgIpc) is 2.56. The molecule has 2 N–H and O–H groups in total. The van der Waals surface area contributed by atoms with Gasteiger partial charge in [0.25, 0.3) is 0 Å². The normalized spacial score (nSPS) is 11.8. The van der Waals surface area contributed by atoms with Gasteiger partial charge in [-0.05, 0) is 42.0 Å². The lowest BCUT2D eigenvalue weighted by Gasteiger charge is -2.26. The number of rotatable bonds is 7. The molecule has 0 heterocycles. The van der Waals surface area contributed by atoms with Crippen molar-refractivity contribution in [1.82, 2.24) is 4.90 Å². The molecule has 0 aliphatic heterocycles. The maximum Gasteiger partial charge on any atom is 0.244 e. The van der Waals surface area contributed by atoms with Crippen LogP contribution in [0.2, 0.25) is 0 Å². The second kappa shape index (κ2) is 9.01. The highest BCUT2D eigenvalue weighted by molar-refractivity contribution is 9.10. The van der Waals surface area contributed by atoms with Gasteiger partial charge >= 0.3 is 0 Å². The largest absolute Gasteiger partial charge is 0.368 e. The summed E-state index contributed by atoms with van der Waals surface area (Å²) < 4.78 is 14.4. The Hall–Kier alpha value is -1.86. The second-order valence-corrected chi connectivity index (χ2v) is 7.50. The fraction of sp³-hybridized carbons (Fsp3) is 0.222. The van der Waals surface area contributed by atoms with Crippen molar-refractivity contribution in [3.63, 3.8) is 0 Å². The van der Waals surface area contributed by atoms with Crippen LogP contribution in [0.15, 0.2) is 57.9 Å². The molecule has 0 bridgehead atoms. The minimum Gasteiger partial charge on any atom is -0.368 e. The Bertz CT molecular complexity index is 755. The molecule has 0 saturated heterocycles. The molecule has 0 aromatic heterocycles. The van der Waals surface area contributed by atoms with Gasteiger partial charge in [-0.15, -0.1) is 11.8 Å². The molecule has 0 radical (unpaired) electrons. The van der Waals surface area contributed by atoms with Crippen molar-refractivity contribution in [2.45, 2.75) is 17.4 Å². The second-order valence-electron chi connectivity index (χ2n) is 5.42. The van der Waals surface area contributed by atoms with E-state index in [0.717, 1.165) is 9.37 Å². The summed E-state index contributed by atoms with van der Waals surface area (Å²) in [7, 11) is 1.51. The van der Waals surface area contributed by atoms with E-state index in [0.29, 0.717) is 11.3 Å². The van der Waals surface area contributed by atoms with E-state index in [9.17, 15) is 14.0 Å². The van der Waals surface area contributed by atoms with Gasteiger partial charge in [0.05, 0.1) is 0 Å². The summed E-state index contributed by atoms with van der Waals surface area (Å²) in [5.41, 5.74) is 5.79. The minimum absolute atomic E-state index is 0.224. The number of likely N-dealkylation sites (N-methyl/N-ethyl adjacent to an activating group) is 1. The summed E-state index contributed by atoms with van der Waals surface area (Å²) in [5.74, 6) is -0.825. The molecule has 25 heavy (non-hydrogen) atoms. The first-order chi connectivity index (χ1) is 11.9. The van der Waals surface area contributed by atoms with E-state index in [-0.39, 0.29) is 12.3 Å². The Labute approximate surface area is 158 Å². The molecule has 1 atom stereocenters. The third kappa shape index (κ3) is 5.57. The lowest BCUT2D eigenvalue weighted by Crippen LogP contribution is -2.39. The quantitative estimate of drug-likeness (QED) is 0.688. The lowest BCUT2D eigenvalue weighted by atomic mass is 10.0. The van der Waals surface area contributed by atoms with Crippen LogP contribution in [0.5, 0.6) is 0 Å². The molecule has 0 aliphatic carbocycles. The van der Waals surface area contributed by atoms with Gasteiger partial charge in [0.2, 0.25) is 11.8 Å². The number of nitrogens with two attached hydrogens (primary N) is 1. The zero-order valence-corrected chi connectivity index (χ0v) is 16.0. The maximum atomic E-state index is 13.4. The summed E-state index contributed by atoms with van der Waals surface area (Å²) in [6.07, 6.45) is 0.246. The number of amides is 2. The molecular formula is C18H18BrFN2O2S. The Balaban J connectivity index is 1.98. The Morgan fingerprint density at radius 2 is 1.92 bits per heavy atom. The van der Waals surface area contributed by atoms with Gasteiger partial charge in [0.15, 0.2) is 0 Å². The maximum absolute atomic E-state index is 13.4. The van der Waals surface area contributed by atoms with Crippen molar-refractivity contribution in [3.05, 3.63) is 64.4 Å². The van der Waals surface area contributed by atoms with Crippen molar-refractivity contribution in [3.8, 4) is 0 Å². The number of hydrogen-bond donors (Lipinski definition) is 1. The van der Waals surface area contributed by atoms with Crippen molar-refractivity contribution in [2.75, 3.05) is 12.8 Å². The summed E-state index contributed by atoms with van der Waals surface area (Å²) in [6, 6.07) is 12.4. The van der Waals surface area contributed by atoms with E-state index in [1.807, 2.05) is 24.3 Å². The molecule has 4 nitrogen and oxygen atoms in total. The number of halogens is 2. The van der Waals surface area contributed by atoms with Gasteiger partial charge in [0, 0.05) is 28.6 Å². The van der Waals surface area contributed by atoms with Crippen LogP contribution in [0, 0.1) is 5.82 Å². The molecule has 2 aromatic rings. The first-order valence-corrected chi connectivity index (χ1v) is 9.35. The highest BCUT2D eigenvalue weighted by Crippen LogP contribution is 2.24. The van der Waals surface area contributed by atoms with Gasteiger partial charge in [-0.2, -0.15) is 0 Å². The van der Waals surface area contributed by atoms with Crippen molar-refractivity contribution in [2.24, 2.45) is 5.73 Å². The fourth-order valence-corrected chi connectivity index (χ4v) is 3.47. The van der Waals surface area contributed by atoms with E-state index >= 15 is 0 Å². The molecule has 1 unspecified atom stereocenters. The van der Waals surface area contributed by atoms with Crippen LogP contribution in [-0.4, -0.2) is 29.5 Å². The number of hydrogen-bond acceptors (Lipinski definition) is 3. The molecule has 2 aromatic carbocycles. The molecular weight excluding hydrogens is 407 g/mol. The van der Waals surface area contributed by atoms with E-state index < -0.39 is 17.8 Å². The summed E-state index contributed by atoms with van der Waals surface area (Å²) >= 11 is 4.92. The topological polar surface area (TPSA) is 63.4 Å². The zero-order valence-electron chi connectivity index (χ0n) is 13.6. The Morgan fingerprint density at radius 3 is 2.52 bits per heavy atom. The highest BCUT2D eigenvalue weighted by atomic mass is 79.9. The van der Waals surface area contributed by atoms with E-state index in [1.54, 1.807) is 17.8 Å². The predicted octanol–water partition coefficient (Wildman–Crippen LogP) is 3.76. The minimum atomic E-state index is -0.985. The number of carbonyl (C=O) groups excluding carboxylic acids is 2. The fourth-order valence-electron chi connectivity index (χ4n) is 2.36. The number of nitrogens with zero attached hydrogens (tertiary/aromatic N) is 1. The van der Waals surface area contributed by atoms with Gasteiger partial charge in [-0.25, -0.2) is 4.39 Å².